The highest BCUT2D eigenvalue weighted by Crippen LogP contribution is 2.15. The Labute approximate surface area is 110 Å². The topological polar surface area (TPSA) is 34.9 Å². The Morgan fingerprint density at radius 2 is 2.00 bits per heavy atom. The van der Waals surface area contributed by atoms with Gasteiger partial charge in [0, 0.05) is 10.5 Å². The van der Waals surface area contributed by atoms with E-state index in [1.54, 1.807) is 18.2 Å². The lowest BCUT2D eigenvalue weighted by atomic mass is 10.3. The average molecular weight is 320 g/mol. The first kappa shape index (κ1) is 11.6. The minimum Gasteiger partial charge on any atom is -0.266 e. The van der Waals surface area contributed by atoms with Crippen LogP contribution in [-0.4, -0.2) is 9.78 Å². The summed E-state index contributed by atoms with van der Waals surface area (Å²) in [7, 11) is 0. The molecule has 0 unspecified atom stereocenters. The van der Waals surface area contributed by atoms with Crippen molar-refractivity contribution in [2.75, 3.05) is 0 Å². The number of halogens is 3. The fourth-order valence-electron chi connectivity index (χ4n) is 1.22. The zero-order valence-electron chi connectivity index (χ0n) is 7.82. The Morgan fingerprint density at radius 3 is 2.69 bits per heavy atom. The van der Waals surface area contributed by atoms with Gasteiger partial charge in [0.1, 0.15) is 5.02 Å². The van der Waals surface area contributed by atoms with Crippen LogP contribution in [0.15, 0.2) is 39.6 Å². The molecule has 82 valence electrons. The Kier molecular flexibility index (Phi) is 3.33. The van der Waals surface area contributed by atoms with Gasteiger partial charge in [0.15, 0.2) is 5.15 Å². The highest BCUT2D eigenvalue weighted by Gasteiger charge is 2.07. The van der Waals surface area contributed by atoms with Crippen molar-refractivity contribution in [1.29, 1.82) is 0 Å². The summed E-state index contributed by atoms with van der Waals surface area (Å²) in [6.45, 7) is 0. The molecule has 1 aromatic heterocycles. The first-order valence-electron chi connectivity index (χ1n) is 4.29. The zero-order chi connectivity index (χ0) is 11.7. The molecular weight excluding hydrogens is 315 g/mol. The summed E-state index contributed by atoms with van der Waals surface area (Å²) in [5.74, 6) is 0. The summed E-state index contributed by atoms with van der Waals surface area (Å²) in [4.78, 5) is 11.7. The van der Waals surface area contributed by atoms with E-state index in [2.05, 4.69) is 21.0 Å². The van der Waals surface area contributed by atoms with Gasteiger partial charge in [0.05, 0.1) is 5.69 Å². The normalized spacial score (nSPS) is 10.4. The molecule has 1 aromatic carbocycles. The molecule has 0 fully saturated rings. The first-order chi connectivity index (χ1) is 7.58. The fourth-order valence-corrected chi connectivity index (χ4v) is 2.03. The highest BCUT2D eigenvalue weighted by molar-refractivity contribution is 9.10. The van der Waals surface area contributed by atoms with Crippen LogP contribution in [0.25, 0.3) is 5.69 Å². The van der Waals surface area contributed by atoms with Crippen LogP contribution in [0.3, 0.4) is 0 Å². The van der Waals surface area contributed by atoms with E-state index < -0.39 is 5.56 Å². The minimum absolute atomic E-state index is 0.0416. The van der Waals surface area contributed by atoms with Crippen LogP contribution in [0.4, 0.5) is 0 Å². The molecule has 0 aliphatic heterocycles. The van der Waals surface area contributed by atoms with Crippen LogP contribution in [0, 0.1) is 0 Å². The molecule has 16 heavy (non-hydrogen) atoms. The summed E-state index contributed by atoms with van der Waals surface area (Å²) in [6, 6.07) is 8.45. The maximum atomic E-state index is 11.7. The molecular formula is C10H5BrCl2N2O. The van der Waals surface area contributed by atoms with E-state index in [0.29, 0.717) is 5.69 Å². The van der Waals surface area contributed by atoms with Crippen molar-refractivity contribution in [2.24, 2.45) is 0 Å². The van der Waals surface area contributed by atoms with E-state index in [4.69, 9.17) is 23.2 Å². The summed E-state index contributed by atoms with van der Waals surface area (Å²) in [5.41, 5.74) is 0.202. The minimum atomic E-state index is -0.399. The van der Waals surface area contributed by atoms with Crippen molar-refractivity contribution >= 4 is 39.1 Å². The van der Waals surface area contributed by atoms with E-state index in [9.17, 15) is 4.79 Å². The lowest BCUT2D eigenvalue weighted by Gasteiger charge is -2.05. The number of hydrogen-bond acceptors (Lipinski definition) is 2. The molecule has 2 rings (SSSR count). The molecule has 2 aromatic rings. The van der Waals surface area contributed by atoms with E-state index in [1.165, 1.54) is 6.07 Å². The SMILES string of the molecule is O=c1c(Cl)cc(Cl)nn1-c1cccc(Br)c1. The Hall–Kier alpha value is -0.840. The van der Waals surface area contributed by atoms with Crippen molar-refractivity contribution in [2.45, 2.75) is 0 Å². The van der Waals surface area contributed by atoms with Gasteiger partial charge in [0.2, 0.25) is 0 Å². The van der Waals surface area contributed by atoms with Gasteiger partial charge < -0.3 is 0 Å². The van der Waals surface area contributed by atoms with Gasteiger partial charge in [0.25, 0.3) is 5.56 Å². The first-order valence-corrected chi connectivity index (χ1v) is 5.84. The molecule has 0 aliphatic rings. The van der Waals surface area contributed by atoms with Crippen LogP contribution in [0.5, 0.6) is 0 Å². The van der Waals surface area contributed by atoms with Crippen LogP contribution >= 0.6 is 39.1 Å². The quantitative estimate of drug-likeness (QED) is 0.808. The molecule has 1 heterocycles. The molecule has 0 spiro atoms. The van der Waals surface area contributed by atoms with Crippen LogP contribution in [-0.2, 0) is 0 Å². The molecule has 3 nitrogen and oxygen atoms in total. The van der Waals surface area contributed by atoms with Gasteiger partial charge in [-0.2, -0.15) is 9.78 Å². The van der Waals surface area contributed by atoms with Gasteiger partial charge in [-0.25, -0.2) is 0 Å². The Balaban J connectivity index is 2.69. The van der Waals surface area contributed by atoms with Gasteiger partial charge in [-0.15, -0.1) is 0 Å². The fraction of sp³-hybridized carbons (Fsp3) is 0. The standard InChI is InChI=1S/C10H5BrCl2N2O/c11-6-2-1-3-7(4-6)15-10(16)8(12)5-9(13)14-15/h1-5H. The van der Waals surface area contributed by atoms with Crippen LogP contribution in [0.2, 0.25) is 10.2 Å². The van der Waals surface area contributed by atoms with E-state index in [1.807, 2.05) is 6.07 Å². The molecule has 0 radical (unpaired) electrons. The molecule has 0 aliphatic carbocycles. The largest absolute Gasteiger partial charge is 0.290 e. The number of aromatic nitrogens is 2. The summed E-state index contributed by atoms with van der Waals surface area (Å²) in [6.07, 6.45) is 0. The van der Waals surface area contributed by atoms with E-state index in [-0.39, 0.29) is 10.2 Å². The smallest absolute Gasteiger partial charge is 0.266 e. The van der Waals surface area contributed by atoms with Crippen molar-refractivity contribution in [3.63, 3.8) is 0 Å². The molecule has 6 heteroatoms. The lowest BCUT2D eigenvalue weighted by molar-refractivity contribution is 0.807. The van der Waals surface area contributed by atoms with Crippen LogP contribution < -0.4 is 5.56 Å². The summed E-state index contributed by atoms with van der Waals surface area (Å²) >= 11 is 14.8. The monoisotopic (exact) mass is 318 g/mol. The maximum absolute atomic E-state index is 11.7. The predicted octanol–water partition coefficient (Wildman–Crippen LogP) is 3.30. The second kappa shape index (κ2) is 4.57. The van der Waals surface area contributed by atoms with E-state index >= 15 is 0 Å². The van der Waals surface area contributed by atoms with E-state index in [0.717, 1.165) is 9.15 Å². The van der Waals surface area contributed by atoms with Gasteiger partial charge in [-0.3, -0.25) is 4.79 Å². The average Bonchev–Trinajstić information content (AvgIpc) is 2.23. The lowest BCUT2D eigenvalue weighted by Crippen LogP contribution is -2.21. The Bertz CT molecular complexity index is 598. The molecule has 0 bridgehead atoms. The predicted molar refractivity (Wildman–Crippen MR) is 67.6 cm³/mol. The van der Waals surface area contributed by atoms with Crippen LogP contribution in [0.1, 0.15) is 0 Å². The molecule has 0 amide bonds. The Morgan fingerprint density at radius 1 is 1.25 bits per heavy atom. The van der Waals surface area contributed by atoms with Crippen molar-refractivity contribution < 1.29 is 0 Å². The van der Waals surface area contributed by atoms with Crippen molar-refractivity contribution in [3.05, 3.63) is 55.3 Å². The number of nitrogens with zero attached hydrogens (tertiary/aromatic N) is 2. The summed E-state index contributed by atoms with van der Waals surface area (Å²) < 4.78 is 2.00. The van der Waals surface area contributed by atoms with Gasteiger partial charge in [-0.05, 0) is 18.2 Å². The maximum Gasteiger partial charge on any atom is 0.290 e. The second-order valence-corrected chi connectivity index (χ2v) is 4.72. The molecule has 0 saturated heterocycles. The molecule has 0 N–H and O–H groups in total. The van der Waals surface area contributed by atoms with Gasteiger partial charge >= 0.3 is 0 Å². The summed E-state index contributed by atoms with van der Waals surface area (Å²) in [5, 5.41) is 4.12. The number of rotatable bonds is 1. The van der Waals surface area contributed by atoms with Crippen molar-refractivity contribution in [1.82, 2.24) is 9.78 Å². The second-order valence-electron chi connectivity index (χ2n) is 3.01. The third-order valence-corrected chi connectivity index (χ3v) is 2.84. The third kappa shape index (κ3) is 2.29. The van der Waals surface area contributed by atoms with Crippen molar-refractivity contribution in [3.8, 4) is 5.69 Å². The van der Waals surface area contributed by atoms with Gasteiger partial charge in [-0.1, -0.05) is 45.2 Å². The zero-order valence-corrected chi connectivity index (χ0v) is 10.9. The molecule has 0 atom stereocenters. The number of hydrogen-bond donors (Lipinski definition) is 0. The number of benzene rings is 1. The molecule has 0 saturated carbocycles. The third-order valence-electron chi connectivity index (χ3n) is 1.89. The highest BCUT2D eigenvalue weighted by atomic mass is 79.9.